The van der Waals surface area contributed by atoms with Gasteiger partial charge in [0.05, 0.1) is 0 Å². The lowest BCUT2D eigenvalue weighted by molar-refractivity contribution is -0.274. The van der Waals surface area contributed by atoms with Crippen molar-refractivity contribution in [2.75, 3.05) is 6.54 Å². The number of hydrogen-bond donors (Lipinski definition) is 2. The summed E-state index contributed by atoms with van der Waals surface area (Å²) in [7, 11) is 0. The highest BCUT2D eigenvalue weighted by Crippen LogP contribution is 2.22. The van der Waals surface area contributed by atoms with Crippen LogP contribution in [0, 0.1) is 0 Å². The third-order valence-electron chi connectivity index (χ3n) is 2.55. The Kier molecular flexibility index (Phi) is 4.46. The van der Waals surface area contributed by atoms with Crippen molar-refractivity contribution in [1.29, 1.82) is 0 Å². The van der Waals surface area contributed by atoms with E-state index < -0.39 is 6.36 Å². The molecular weight excluding hydrogens is 287 g/mol. The van der Waals surface area contributed by atoms with Gasteiger partial charge < -0.3 is 15.0 Å². The van der Waals surface area contributed by atoms with E-state index in [0.717, 1.165) is 18.0 Å². The van der Waals surface area contributed by atoms with E-state index in [-0.39, 0.29) is 17.2 Å². The van der Waals surface area contributed by atoms with Crippen LogP contribution in [0.25, 0.3) is 0 Å². The molecule has 21 heavy (non-hydrogen) atoms. The maximum atomic E-state index is 12.0. The van der Waals surface area contributed by atoms with Crippen molar-refractivity contribution in [2.24, 2.45) is 0 Å². The first kappa shape index (κ1) is 14.9. The first-order chi connectivity index (χ1) is 9.94. The van der Waals surface area contributed by atoms with Crippen LogP contribution in [0.1, 0.15) is 16.2 Å². The van der Waals surface area contributed by atoms with E-state index in [0.29, 0.717) is 13.0 Å². The topological polar surface area (TPSA) is 67.0 Å². The van der Waals surface area contributed by atoms with Gasteiger partial charge in [-0.25, -0.2) is 4.98 Å². The summed E-state index contributed by atoms with van der Waals surface area (Å²) in [5.41, 5.74) is 0.254. The number of ether oxygens (including phenoxy) is 1. The minimum atomic E-state index is -4.74. The van der Waals surface area contributed by atoms with E-state index >= 15 is 0 Å². The number of hydrogen-bond acceptors (Lipinski definition) is 3. The Bertz CT molecular complexity index is 580. The van der Waals surface area contributed by atoms with Crippen molar-refractivity contribution in [3.63, 3.8) is 0 Å². The molecule has 0 unspecified atom stereocenters. The molecule has 1 heterocycles. The molecule has 0 spiro atoms. The molecule has 2 aromatic rings. The second-order valence-electron chi connectivity index (χ2n) is 4.11. The van der Waals surface area contributed by atoms with Crippen molar-refractivity contribution in [1.82, 2.24) is 15.3 Å². The summed E-state index contributed by atoms with van der Waals surface area (Å²) in [6.45, 7) is 0.368. The van der Waals surface area contributed by atoms with Crippen LogP contribution in [0.5, 0.6) is 5.75 Å². The summed E-state index contributed by atoms with van der Waals surface area (Å²) in [5, 5.41) is 2.64. The van der Waals surface area contributed by atoms with Crippen LogP contribution in [-0.4, -0.2) is 28.8 Å². The van der Waals surface area contributed by atoms with Gasteiger partial charge in [-0.3, -0.25) is 4.79 Å². The second-order valence-corrected chi connectivity index (χ2v) is 4.11. The number of nitrogens with one attached hydrogen (secondary N) is 2. The van der Waals surface area contributed by atoms with Gasteiger partial charge >= 0.3 is 6.36 Å². The number of halogens is 3. The van der Waals surface area contributed by atoms with Crippen LogP contribution in [0.2, 0.25) is 0 Å². The number of carbonyl (C=O) groups excluding carboxylic acids is 1. The van der Waals surface area contributed by atoms with E-state index in [1.807, 2.05) is 0 Å². The molecule has 0 aliphatic rings. The molecule has 0 aliphatic heterocycles. The minimum absolute atomic E-state index is 0.254. The molecule has 1 amide bonds. The van der Waals surface area contributed by atoms with Gasteiger partial charge in [-0.15, -0.1) is 13.2 Å². The number of amides is 1. The highest BCUT2D eigenvalue weighted by atomic mass is 19.4. The molecule has 0 saturated carbocycles. The quantitative estimate of drug-likeness (QED) is 0.890. The molecule has 0 atom stereocenters. The fraction of sp³-hybridized carbons (Fsp3) is 0.231. The highest BCUT2D eigenvalue weighted by molar-refractivity contribution is 5.94. The molecular formula is C13H12F3N3O2. The fourth-order valence-corrected chi connectivity index (χ4v) is 1.64. The lowest BCUT2D eigenvalue weighted by Gasteiger charge is -2.09. The second kappa shape index (κ2) is 6.29. The van der Waals surface area contributed by atoms with E-state index in [1.54, 1.807) is 12.4 Å². The Balaban J connectivity index is 1.85. The summed E-state index contributed by atoms with van der Waals surface area (Å²) < 4.78 is 39.7. The van der Waals surface area contributed by atoms with Crippen LogP contribution in [0.4, 0.5) is 13.2 Å². The summed E-state index contributed by atoms with van der Waals surface area (Å²) >= 11 is 0. The van der Waals surface area contributed by atoms with Crippen LogP contribution < -0.4 is 10.1 Å². The van der Waals surface area contributed by atoms with Gasteiger partial charge in [-0.1, -0.05) is 0 Å². The molecule has 1 aromatic carbocycles. The zero-order valence-electron chi connectivity index (χ0n) is 10.8. The average Bonchev–Trinajstić information content (AvgIpc) is 2.91. The predicted octanol–water partition coefficient (Wildman–Crippen LogP) is 2.28. The SMILES string of the molecule is O=C(NCCc1ncc[nH]1)c1ccc(OC(F)(F)F)cc1. The number of nitrogens with zero attached hydrogens (tertiary/aromatic N) is 1. The Morgan fingerprint density at radius 1 is 1.29 bits per heavy atom. The van der Waals surface area contributed by atoms with Gasteiger partial charge in [0.1, 0.15) is 11.6 Å². The zero-order valence-corrected chi connectivity index (χ0v) is 10.8. The number of benzene rings is 1. The molecule has 112 valence electrons. The number of rotatable bonds is 5. The Hall–Kier alpha value is -2.51. The van der Waals surface area contributed by atoms with Gasteiger partial charge in [0.25, 0.3) is 5.91 Å². The van der Waals surface area contributed by atoms with Gasteiger partial charge in [-0.2, -0.15) is 0 Å². The number of aromatic amines is 1. The van der Waals surface area contributed by atoms with Gasteiger partial charge in [0, 0.05) is 30.9 Å². The van der Waals surface area contributed by atoms with Crippen LogP contribution >= 0.6 is 0 Å². The number of H-pyrrole nitrogens is 1. The van der Waals surface area contributed by atoms with Crippen LogP contribution in [-0.2, 0) is 6.42 Å². The number of aromatic nitrogens is 2. The first-order valence-electron chi connectivity index (χ1n) is 6.06. The van der Waals surface area contributed by atoms with Gasteiger partial charge in [-0.05, 0) is 24.3 Å². The maximum absolute atomic E-state index is 12.0. The predicted molar refractivity (Wildman–Crippen MR) is 67.7 cm³/mol. The average molecular weight is 299 g/mol. The highest BCUT2D eigenvalue weighted by Gasteiger charge is 2.31. The first-order valence-corrected chi connectivity index (χ1v) is 6.06. The van der Waals surface area contributed by atoms with Crippen molar-refractivity contribution >= 4 is 5.91 Å². The standard InChI is InChI=1S/C13H12F3N3O2/c14-13(15,16)21-10-3-1-9(2-4-10)12(20)19-6-5-11-17-7-8-18-11/h1-4,7-8H,5-6H2,(H,17,18)(H,19,20). The van der Waals surface area contributed by atoms with E-state index in [9.17, 15) is 18.0 Å². The Morgan fingerprint density at radius 2 is 2.00 bits per heavy atom. The molecule has 0 bridgehead atoms. The normalized spacial score (nSPS) is 11.2. The molecule has 0 aliphatic carbocycles. The van der Waals surface area contributed by atoms with E-state index in [2.05, 4.69) is 20.0 Å². The van der Waals surface area contributed by atoms with Crippen molar-refractivity contribution in [3.05, 3.63) is 48.0 Å². The lowest BCUT2D eigenvalue weighted by atomic mass is 10.2. The third-order valence-corrected chi connectivity index (χ3v) is 2.55. The number of imidazole rings is 1. The summed E-state index contributed by atoms with van der Waals surface area (Å²) in [6.07, 6.45) is -0.923. The summed E-state index contributed by atoms with van der Waals surface area (Å²) in [4.78, 5) is 18.7. The van der Waals surface area contributed by atoms with Crippen LogP contribution in [0.15, 0.2) is 36.7 Å². The number of carbonyl (C=O) groups is 1. The molecule has 2 N–H and O–H groups in total. The molecule has 1 aromatic heterocycles. The van der Waals surface area contributed by atoms with Gasteiger partial charge in [0.15, 0.2) is 0 Å². The van der Waals surface area contributed by atoms with Crippen molar-refractivity contribution in [2.45, 2.75) is 12.8 Å². The monoisotopic (exact) mass is 299 g/mol. The van der Waals surface area contributed by atoms with E-state index in [1.165, 1.54) is 12.1 Å². The maximum Gasteiger partial charge on any atom is 0.573 e. The Morgan fingerprint density at radius 3 is 2.57 bits per heavy atom. The summed E-state index contributed by atoms with van der Waals surface area (Å²) in [6, 6.07) is 4.72. The number of alkyl halides is 3. The smallest absolute Gasteiger partial charge is 0.406 e. The van der Waals surface area contributed by atoms with Gasteiger partial charge in [0.2, 0.25) is 0 Å². The lowest BCUT2D eigenvalue weighted by Crippen LogP contribution is -2.26. The third kappa shape index (κ3) is 4.83. The van der Waals surface area contributed by atoms with Crippen molar-refractivity contribution < 1.29 is 22.7 Å². The molecule has 5 nitrogen and oxygen atoms in total. The van der Waals surface area contributed by atoms with Crippen molar-refractivity contribution in [3.8, 4) is 5.75 Å². The molecule has 0 radical (unpaired) electrons. The molecule has 8 heteroatoms. The molecule has 0 saturated heterocycles. The molecule has 2 rings (SSSR count). The molecule has 0 fully saturated rings. The van der Waals surface area contributed by atoms with E-state index in [4.69, 9.17) is 0 Å². The summed E-state index contributed by atoms with van der Waals surface area (Å²) in [5.74, 6) is -0.000949. The Labute approximate surface area is 118 Å². The van der Waals surface area contributed by atoms with Crippen LogP contribution in [0.3, 0.4) is 0 Å². The zero-order chi connectivity index (χ0) is 15.3. The minimum Gasteiger partial charge on any atom is -0.406 e. The largest absolute Gasteiger partial charge is 0.573 e. The fourth-order valence-electron chi connectivity index (χ4n) is 1.64.